The molecule has 0 aliphatic heterocycles. The Kier molecular flexibility index (Phi) is 3.65. The maximum absolute atomic E-state index is 5.37. The quantitative estimate of drug-likeness (QED) is 0.756. The van der Waals surface area contributed by atoms with Gasteiger partial charge in [-0.25, -0.2) is 0 Å². The molecular weight excluding hydrogens is 319 g/mol. The molecule has 1 nitrogen and oxygen atoms in total. The van der Waals surface area contributed by atoms with Crippen molar-refractivity contribution in [1.82, 2.24) is 0 Å². The van der Waals surface area contributed by atoms with Gasteiger partial charge in [-0.1, -0.05) is 0 Å². The summed E-state index contributed by atoms with van der Waals surface area (Å²) in [6.07, 6.45) is 0. The molecule has 0 aromatic heterocycles. The lowest BCUT2D eigenvalue weighted by atomic mass is 10.3. The number of benzene rings is 1. The predicted molar refractivity (Wildman–Crippen MR) is 58.0 cm³/mol. The third-order valence-corrected chi connectivity index (χ3v) is 2.52. The zero-order chi connectivity index (χ0) is 8.27. The van der Waals surface area contributed by atoms with Crippen LogP contribution in [-0.2, 0) is 0 Å². The van der Waals surface area contributed by atoms with Crippen LogP contribution in [0.3, 0.4) is 0 Å². The fourth-order valence-corrected chi connectivity index (χ4v) is 1.57. The van der Waals surface area contributed by atoms with Crippen molar-refractivity contribution in [3.63, 3.8) is 0 Å². The molecule has 60 valence electrons. The lowest BCUT2D eigenvalue weighted by Gasteiger charge is -2.04. The summed E-state index contributed by atoms with van der Waals surface area (Å²) >= 11 is 5.66. The Morgan fingerprint density at radius 3 is 2.91 bits per heavy atom. The Labute approximate surface area is 88.4 Å². The first-order valence-corrected chi connectivity index (χ1v) is 5.19. The molecule has 1 aromatic carbocycles. The van der Waals surface area contributed by atoms with Gasteiger partial charge in [0.15, 0.2) is 0 Å². The Balaban J connectivity index is 2.93. The van der Waals surface area contributed by atoms with Gasteiger partial charge in [-0.3, -0.25) is 0 Å². The average molecular weight is 327 g/mol. The van der Waals surface area contributed by atoms with E-state index < -0.39 is 0 Å². The zero-order valence-corrected chi connectivity index (χ0v) is 9.85. The molecule has 0 radical (unpaired) electrons. The van der Waals surface area contributed by atoms with E-state index in [2.05, 4.69) is 38.5 Å². The fraction of sp³-hybridized carbons (Fsp3) is 0.250. The van der Waals surface area contributed by atoms with Crippen molar-refractivity contribution in [2.45, 2.75) is 6.92 Å². The second-order valence-corrected chi connectivity index (χ2v) is 4.11. The Morgan fingerprint density at radius 2 is 2.27 bits per heavy atom. The lowest BCUT2D eigenvalue weighted by molar-refractivity contribution is 0.338. The smallest absolute Gasteiger partial charge is 0.134 e. The van der Waals surface area contributed by atoms with Crippen LogP contribution in [0.2, 0.25) is 0 Å². The van der Waals surface area contributed by atoms with Gasteiger partial charge < -0.3 is 4.74 Å². The zero-order valence-electron chi connectivity index (χ0n) is 6.10. The normalized spacial score (nSPS) is 9.73. The van der Waals surface area contributed by atoms with Crippen LogP contribution in [-0.4, -0.2) is 6.61 Å². The van der Waals surface area contributed by atoms with Gasteiger partial charge in [0.1, 0.15) is 5.75 Å². The van der Waals surface area contributed by atoms with Gasteiger partial charge in [0.2, 0.25) is 0 Å². The van der Waals surface area contributed by atoms with Gasteiger partial charge in [0.05, 0.1) is 11.1 Å². The van der Waals surface area contributed by atoms with Gasteiger partial charge >= 0.3 is 0 Å². The minimum absolute atomic E-state index is 0.707. The molecule has 0 heterocycles. The summed E-state index contributed by atoms with van der Waals surface area (Å²) in [5.41, 5.74) is 0. The summed E-state index contributed by atoms with van der Waals surface area (Å²) < 4.78 is 7.57. The molecule has 3 heteroatoms. The van der Waals surface area contributed by atoms with E-state index in [9.17, 15) is 0 Å². The van der Waals surface area contributed by atoms with Gasteiger partial charge in [-0.15, -0.1) is 0 Å². The molecular formula is C8H8BrIO. The highest BCUT2D eigenvalue weighted by molar-refractivity contribution is 14.1. The van der Waals surface area contributed by atoms with E-state index in [0.29, 0.717) is 6.61 Å². The number of halogens is 2. The van der Waals surface area contributed by atoms with Crippen molar-refractivity contribution in [3.8, 4) is 5.75 Å². The summed E-state index contributed by atoms with van der Waals surface area (Å²) in [7, 11) is 0. The number of hydrogen-bond donors (Lipinski definition) is 0. The van der Waals surface area contributed by atoms with E-state index in [0.717, 1.165) is 10.2 Å². The van der Waals surface area contributed by atoms with Gasteiger partial charge in [-0.05, 0) is 63.6 Å². The molecule has 0 amide bonds. The first kappa shape index (κ1) is 9.32. The first-order valence-electron chi connectivity index (χ1n) is 3.32. The lowest BCUT2D eigenvalue weighted by Crippen LogP contribution is -1.92. The third-order valence-electron chi connectivity index (χ3n) is 1.19. The largest absolute Gasteiger partial charge is 0.493 e. The van der Waals surface area contributed by atoms with Crippen molar-refractivity contribution < 1.29 is 4.74 Å². The average Bonchev–Trinajstić information content (AvgIpc) is 1.98. The fourth-order valence-electron chi connectivity index (χ4n) is 0.743. The van der Waals surface area contributed by atoms with E-state index in [1.807, 2.05) is 25.1 Å². The van der Waals surface area contributed by atoms with Crippen LogP contribution in [0, 0.1) is 3.57 Å². The van der Waals surface area contributed by atoms with Crippen LogP contribution < -0.4 is 4.74 Å². The molecule has 0 aliphatic rings. The van der Waals surface area contributed by atoms with E-state index in [1.54, 1.807) is 0 Å². The van der Waals surface area contributed by atoms with E-state index in [4.69, 9.17) is 4.74 Å². The summed E-state index contributed by atoms with van der Waals surface area (Å²) in [5, 5.41) is 0. The monoisotopic (exact) mass is 326 g/mol. The highest BCUT2D eigenvalue weighted by atomic mass is 127. The number of rotatable bonds is 2. The second kappa shape index (κ2) is 4.30. The standard InChI is InChI=1S/C8H8BrIO/c1-2-11-8-5-6(10)3-4-7(8)9/h3-5H,2H2,1H3. The van der Waals surface area contributed by atoms with Crippen molar-refractivity contribution in [2.75, 3.05) is 6.61 Å². The van der Waals surface area contributed by atoms with Crippen molar-refractivity contribution in [2.24, 2.45) is 0 Å². The van der Waals surface area contributed by atoms with Crippen molar-refractivity contribution >= 4 is 38.5 Å². The van der Waals surface area contributed by atoms with Crippen LogP contribution in [0.4, 0.5) is 0 Å². The Hall–Kier alpha value is 0.230. The maximum atomic E-state index is 5.37. The molecule has 0 unspecified atom stereocenters. The molecule has 11 heavy (non-hydrogen) atoms. The second-order valence-electron chi connectivity index (χ2n) is 2.01. The molecule has 0 fully saturated rings. The molecule has 0 atom stereocenters. The molecule has 0 spiro atoms. The summed E-state index contributed by atoms with van der Waals surface area (Å²) in [6, 6.07) is 6.04. The SMILES string of the molecule is CCOc1cc(I)ccc1Br. The van der Waals surface area contributed by atoms with Crippen molar-refractivity contribution in [3.05, 3.63) is 26.2 Å². The first-order chi connectivity index (χ1) is 5.24. The minimum atomic E-state index is 0.707. The van der Waals surface area contributed by atoms with Crippen LogP contribution in [0.1, 0.15) is 6.92 Å². The summed E-state index contributed by atoms with van der Waals surface area (Å²) in [4.78, 5) is 0. The van der Waals surface area contributed by atoms with Gasteiger partial charge in [-0.2, -0.15) is 0 Å². The Morgan fingerprint density at radius 1 is 1.55 bits per heavy atom. The number of hydrogen-bond acceptors (Lipinski definition) is 1. The van der Waals surface area contributed by atoms with Crippen LogP contribution in [0.25, 0.3) is 0 Å². The minimum Gasteiger partial charge on any atom is -0.493 e. The molecule has 1 rings (SSSR count). The van der Waals surface area contributed by atoms with E-state index in [1.165, 1.54) is 3.57 Å². The Bertz CT molecular complexity index is 250. The molecule has 0 saturated heterocycles. The van der Waals surface area contributed by atoms with Crippen molar-refractivity contribution in [1.29, 1.82) is 0 Å². The molecule has 0 aliphatic carbocycles. The summed E-state index contributed by atoms with van der Waals surface area (Å²) in [6.45, 7) is 2.69. The summed E-state index contributed by atoms with van der Waals surface area (Å²) in [5.74, 6) is 0.916. The van der Waals surface area contributed by atoms with Gasteiger partial charge in [0, 0.05) is 3.57 Å². The third kappa shape index (κ3) is 2.63. The highest BCUT2D eigenvalue weighted by Gasteiger charge is 1.99. The van der Waals surface area contributed by atoms with Crippen LogP contribution >= 0.6 is 38.5 Å². The molecule has 0 saturated carbocycles. The predicted octanol–water partition coefficient (Wildman–Crippen LogP) is 3.45. The molecule has 1 aromatic rings. The van der Waals surface area contributed by atoms with Gasteiger partial charge in [0.25, 0.3) is 0 Å². The van der Waals surface area contributed by atoms with Crippen LogP contribution in [0.5, 0.6) is 5.75 Å². The molecule has 0 N–H and O–H groups in total. The highest BCUT2D eigenvalue weighted by Crippen LogP contribution is 2.26. The topological polar surface area (TPSA) is 9.23 Å². The van der Waals surface area contributed by atoms with E-state index in [-0.39, 0.29) is 0 Å². The maximum Gasteiger partial charge on any atom is 0.134 e. The molecule has 0 bridgehead atoms. The van der Waals surface area contributed by atoms with Crippen LogP contribution in [0.15, 0.2) is 22.7 Å². The number of ether oxygens (including phenoxy) is 1. The van der Waals surface area contributed by atoms with E-state index >= 15 is 0 Å².